The second-order valence-corrected chi connectivity index (χ2v) is 5.89. The molecule has 1 aromatic carbocycles. The molecule has 2 aliphatic rings. The first-order valence-electron chi connectivity index (χ1n) is 7.75. The lowest BCUT2D eigenvalue weighted by Crippen LogP contribution is -2.51. The second kappa shape index (κ2) is 5.53. The van der Waals surface area contributed by atoms with Crippen molar-refractivity contribution in [1.82, 2.24) is 0 Å². The molecule has 2 heteroatoms. The lowest BCUT2D eigenvalue weighted by Gasteiger charge is -2.50. The number of ketones is 1. The van der Waals surface area contributed by atoms with Crippen LogP contribution in [-0.4, -0.2) is 12.4 Å². The summed E-state index contributed by atoms with van der Waals surface area (Å²) in [5.41, 5.74) is 1.56. The Hall–Kier alpha value is -1.41. The summed E-state index contributed by atoms with van der Waals surface area (Å²) in [6.45, 7) is 3.05. The number of hydrogen-bond donors (Lipinski definition) is 0. The van der Waals surface area contributed by atoms with Crippen LogP contribution in [0.2, 0.25) is 0 Å². The van der Waals surface area contributed by atoms with Crippen LogP contribution in [0.3, 0.4) is 0 Å². The first-order chi connectivity index (χ1) is 9.78. The van der Waals surface area contributed by atoms with Gasteiger partial charge in [0.2, 0.25) is 0 Å². The monoisotopic (exact) mass is 270 g/mol. The highest BCUT2D eigenvalue weighted by atomic mass is 16.5. The van der Waals surface area contributed by atoms with Crippen LogP contribution in [0.15, 0.2) is 36.4 Å². The minimum absolute atomic E-state index is 0.103. The van der Waals surface area contributed by atoms with Gasteiger partial charge in [0.15, 0.2) is 5.78 Å². The molecule has 1 spiro atoms. The van der Waals surface area contributed by atoms with Gasteiger partial charge in [0.25, 0.3) is 0 Å². The average molecular weight is 270 g/mol. The second-order valence-electron chi connectivity index (χ2n) is 5.89. The molecule has 1 saturated heterocycles. The Kier molecular flexibility index (Phi) is 3.75. The molecule has 0 bridgehead atoms. The van der Waals surface area contributed by atoms with Gasteiger partial charge in [0.1, 0.15) is 5.60 Å². The van der Waals surface area contributed by atoms with Crippen LogP contribution in [0.25, 0.3) is 0 Å². The van der Waals surface area contributed by atoms with E-state index in [0.717, 1.165) is 17.7 Å². The molecule has 2 nitrogen and oxygen atoms in total. The fourth-order valence-electron chi connectivity index (χ4n) is 3.40. The van der Waals surface area contributed by atoms with Gasteiger partial charge in [0.05, 0.1) is 6.61 Å². The molecule has 1 fully saturated rings. The Morgan fingerprint density at radius 3 is 2.85 bits per heavy atom. The van der Waals surface area contributed by atoms with Crippen molar-refractivity contribution < 1.29 is 9.53 Å². The van der Waals surface area contributed by atoms with Crippen LogP contribution in [-0.2, 0) is 10.3 Å². The van der Waals surface area contributed by atoms with Gasteiger partial charge in [-0.3, -0.25) is 4.79 Å². The molecule has 0 radical (unpaired) electrons. The molecular formula is C18H22O2. The molecule has 3 rings (SSSR count). The number of unbranched alkanes of at least 4 members (excludes halogenated alkanes) is 3. The van der Waals surface area contributed by atoms with Crippen molar-refractivity contribution in [2.24, 2.45) is 5.92 Å². The highest BCUT2D eigenvalue weighted by Crippen LogP contribution is 2.49. The van der Waals surface area contributed by atoms with Crippen LogP contribution in [0.5, 0.6) is 0 Å². The quantitative estimate of drug-likeness (QED) is 0.748. The SMILES string of the molecule is CCCCCC[C@H]1COC12C=CC(=O)c1ccccc12. The van der Waals surface area contributed by atoms with Gasteiger partial charge in [-0.2, -0.15) is 0 Å². The molecule has 1 heterocycles. The average Bonchev–Trinajstić information content (AvgIpc) is 2.47. The van der Waals surface area contributed by atoms with Gasteiger partial charge in [0, 0.05) is 11.5 Å². The minimum Gasteiger partial charge on any atom is -0.365 e. The van der Waals surface area contributed by atoms with Gasteiger partial charge in [-0.1, -0.05) is 56.9 Å². The number of ether oxygens (including phenoxy) is 1. The maximum Gasteiger partial charge on any atom is 0.186 e. The van der Waals surface area contributed by atoms with E-state index in [2.05, 4.69) is 13.0 Å². The van der Waals surface area contributed by atoms with E-state index in [0.29, 0.717) is 5.92 Å². The number of carbonyl (C=O) groups is 1. The van der Waals surface area contributed by atoms with Gasteiger partial charge < -0.3 is 4.74 Å². The molecule has 0 amide bonds. The number of carbonyl (C=O) groups excluding carboxylic acids is 1. The largest absolute Gasteiger partial charge is 0.365 e. The van der Waals surface area contributed by atoms with Crippen molar-refractivity contribution in [3.8, 4) is 0 Å². The summed E-state index contributed by atoms with van der Waals surface area (Å²) < 4.78 is 5.96. The number of benzene rings is 1. The summed E-state index contributed by atoms with van der Waals surface area (Å²) in [6, 6.07) is 7.90. The lowest BCUT2D eigenvalue weighted by atomic mass is 9.70. The molecule has 1 unspecified atom stereocenters. The van der Waals surface area contributed by atoms with E-state index >= 15 is 0 Å². The van der Waals surface area contributed by atoms with Crippen LogP contribution >= 0.6 is 0 Å². The number of rotatable bonds is 5. The van der Waals surface area contributed by atoms with Crippen LogP contribution in [0.4, 0.5) is 0 Å². The normalized spacial score (nSPS) is 27.4. The molecule has 1 aliphatic carbocycles. The Morgan fingerprint density at radius 1 is 1.25 bits per heavy atom. The zero-order valence-corrected chi connectivity index (χ0v) is 12.1. The van der Waals surface area contributed by atoms with E-state index < -0.39 is 0 Å². The van der Waals surface area contributed by atoms with E-state index in [1.807, 2.05) is 24.3 Å². The van der Waals surface area contributed by atoms with Crippen molar-refractivity contribution in [3.63, 3.8) is 0 Å². The molecule has 1 aliphatic heterocycles. The van der Waals surface area contributed by atoms with E-state index in [1.165, 1.54) is 32.1 Å². The molecule has 20 heavy (non-hydrogen) atoms. The standard InChI is InChI=1S/C18H22O2/c1-2-3-4-5-8-14-13-20-18(14)12-11-17(19)15-9-6-7-10-16(15)18/h6-7,9-12,14H,2-5,8,13H2,1H3/t14-,18?/m0/s1. The molecule has 1 aromatic rings. The van der Waals surface area contributed by atoms with Crippen LogP contribution in [0.1, 0.15) is 54.9 Å². The molecular weight excluding hydrogens is 248 g/mol. The Labute approximate surface area is 120 Å². The molecule has 0 N–H and O–H groups in total. The maximum atomic E-state index is 12.0. The number of fused-ring (bicyclic) bond motifs is 2. The van der Waals surface area contributed by atoms with E-state index in [1.54, 1.807) is 6.08 Å². The Balaban J connectivity index is 1.79. The third kappa shape index (κ3) is 2.12. The molecule has 2 atom stereocenters. The molecule has 106 valence electrons. The summed E-state index contributed by atoms with van der Waals surface area (Å²) in [4.78, 5) is 12.0. The predicted octanol–water partition coefficient (Wildman–Crippen LogP) is 4.25. The zero-order valence-electron chi connectivity index (χ0n) is 12.1. The van der Waals surface area contributed by atoms with Gasteiger partial charge in [-0.05, 0) is 24.1 Å². The highest BCUT2D eigenvalue weighted by molar-refractivity contribution is 6.07. The lowest BCUT2D eigenvalue weighted by molar-refractivity contribution is -0.183. The molecule has 0 aromatic heterocycles. The fraction of sp³-hybridized carbons (Fsp3) is 0.500. The minimum atomic E-state index is -0.323. The zero-order chi connectivity index (χ0) is 14.0. The van der Waals surface area contributed by atoms with Crippen molar-refractivity contribution in [1.29, 1.82) is 0 Å². The van der Waals surface area contributed by atoms with E-state index in [4.69, 9.17) is 4.74 Å². The topological polar surface area (TPSA) is 26.3 Å². The summed E-state index contributed by atoms with van der Waals surface area (Å²) in [7, 11) is 0. The van der Waals surface area contributed by atoms with Gasteiger partial charge in [-0.15, -0.1) is 0 Å². The Morgan fingerprint density at radius 2 is 2.10 bits per heavy atom. The van der Waals surface area contributed by atoms with Gasteiger partial charge in [-0.25, -0.2) is 0 Å². The summed E-state index contributed by atoms with van der Waals surface area (Å²) in [5.74, 6) is 0.622. The number of allylic oxidation sites excluding steroid dienone is 1. The third-order valence-corrected chi connectivity index (χ3v) is 4.63. The van der Waals surface area contributed by atoms with Crippen molar-refractivity contribution >= 4 is 5.78 Å². The Bertz CT molecular complexity index is 532. The van der Waals surface area contributed by atoms with Crippen molar-refractivity contribution in [2.75, 3.05) is 6.61 Å². The smallest absolute Gasteiger partial charge is 0.186 e. The van der Waals surface area contributed by atoms with E-state index in [-0.39, 0.29) is 11.4 Å². The van der Waals surface area contributed by atoms with Crippen molar-refractivity contribution in [2.45, 2.75) is 44.6 Å². The number of hydrogen-bond acceptors (Lipinski definition) is 2. The maximum absolute atomic E-state index is 12.0. The first-order valence-corrected chi connectivity index (χ1v) is 7.75. The first kappa shape index (κ1) is 13.6. The summed E-state index contributed by atoms with van der Waals surface area (Å²) >= 11 is 0. The van der Waals surface area contributed by atoms with Crippen molar-refractivity contribution in [3.05, 3.63) is 47.5 Å². The predicted molar refractivity (Wildman–Crippen MR) is 79.8 cm³/mol. The van der Waals surface area contributed by atoms with Gasteiger partial charge >= 0.3 is 0 Å². The summed E-state index contributed by atoms with van der Waals surface area (Å²) in [5, 5.41) is 0. The third-order valence-electron chi connectivity index (χ3n) is 4.63. The fourth-order valence-corrected chi connectivity index (χ4v) is 3.40. The molecule has 0 saturated carbocycles. The van der Waals surface area contributed by atoms with Crippen LogP contribution < -0.4 is 0 Å². The highest BCUT2D eigenvalue weighted by Gasteiger charge is 2.50. The summed E-state index contributed by atoms with van der Waals surface area (Å²) in [6.07, 6.45) is 10.0. The van der Waals surface area contributed by atoms with E-state index in [9.17, 15) is 4.79 Å². The van der Waals surface area contributed by atoms with Crippen LogP contribution in [0, 0.1) is 5.92 Å².